The minimum Gasteiger partial charge on any atom is -0.364 e. The van der Waals surface area contributed by atoms with Crippen LogP contribution < -0.4 is 5.73 Å². The molecule has 0 bridgehead atoms. The van der Waals surface area contributed by atoms with Gasteiger partial charge in [-0.25, -0.2) is 4.98 Å². The van der Waals surface area contributed by atoms with Crippen molar-refractivity contribution in [2.45, 2.75) is 0 Å². The van der Waals surface area contributed by atoms with E-state index < -0.39 is 5.91 Å². The van der Waals surface area contributed by atoms with Crippen molar-refractivity contribution in [2.24, 2.45) is 5.73 Å². The first-order valence-electron chi connectivity index (χ1n) is 3.34. The van der Waals surface area contributed by atoms with Gasteiger partial charge >= 0.3 is 0 Å². The van der Waals surface area contributed by atoms with Gasteiger partial charge < -0.3 is 5.73 Å². The number of carbonyl (C=O) groups excluding carboxylic acids is 1. The number of benzene rings is 1. The van der Waals surface area contributed by atoms with Crippen LogP contribution >= 0.6 is 11.3 Å². The van der Waals surface area contributed by atoms with Crippen LogP contribution in [-0.4, -0.2) is 10.9 Å². The normalized spacial score (nSPS) is 10.3. The van der Waals surface area contributed by atoms with Gasteiger partial charge in [0.05, 0.1) is 10.2 Å². The van der Waals surface area contributed by atoms with Gasteiger partial charge in [-0.1, -0.05) is 6.07 Å². The molecule has 0 fully saturated rings. The summed E-state index contributed by atoms with van der Waals surface area (Å²) in [5.74, 6) is -0.476. The molecule has 0 aliphatic heterocycles. The van der Waals surface area contributed by atoms with E-state index in [1.165, 1.54) is 11.3 Å². The standard InChI is InChI=1S/C8H5N2OS/c9-7(11)8-10-5-3-1-2-4-6(5)12-8/h2-4H,(H2,9,11). The van der Waals surface area contributed by atoms with Crippen LogP contribution in [0.15, 0.2) is 18.2 Å². The first kappa shape index (κ1) is 7.24. The number of nitrogens with two attached hydrogens (primary N) is 1. The van der Waals surface area contributed by atoms with Gasteiger partial charge in [0.2, 0.25) is 0 Å². The zero-order chi connectivity index (χ0) is 8.55. The zero-order valence-electron chi connectivity index (χ0n) is 6.07. The topological polar surface area (TPSA) is 56.0 Å². The molecule has 1 amide bonds. The average molecular weight is 177 g/mol. The van der Waals surface area contributed by atoms with Crippen LogP contribution in [0.25, 0.3) is 10.2 Å². The van der Waals surface area contributed by atoms with Gasteiger partial charge in [-0.2, -0.15) is 0 Å². The van der Waals surface area contributed by atoms with E-state index >= 15 is 0 Å². The second kappa shape index (κ2) is 2.57. The summed E-state index contributed by atoms with van der Waals surface area (Å²) in [6.07, 6.45) is 0. The van der Waals surface area contributed by atoms with Crippen LogP contribution in [0.3, 0.4) is 0 Å². The molecule has 0 saturated heterocycles. The summed E-state index contributed by atoms with van der Waals surface area (Å²) in [4.78, 5) is 14.8. The summed E-state index contributed by atoms with van der Waals surface area (Å²) in [7, 11) is 0. The third-order valence-electron chi connectivity index (χ3n) is 1.44. The molecule has 0 aliphatic carbocycles. The molecule has 0 unspecified atom stereocenters. The van der Waals surface area contributed by atoms with Gasteiger partial charge in [0, 0.05) is 0 Å². The molecule has 2 N–H and O–H groups in total. The number of nitrogens with zero attached hydrogens (tertiary/aromatic N) is 1. The van der Waals surface area contributed by atoms with E-state index in [9.17, 15) is 4.79 Å². The Morgan fingerprint density at radius 3 is 3.17 bits per heavy atom. The summed E-state index contributed by atoms with van der Waals surface area (Å²) >= 11 is 1.30. The van der Waals surface area contributed by atoms with E-state index in [0.29, 0.717) is 5.01 Å². The average Bonchev–Trinajstić information content (AvgIpc) is 2.46. The van der Waals surface area contributed by atoms with Crippen molar-refractivity contribution in [2.75, 3.05) is 0 Å². The molecule has 0 saturated carbocycles. The molecule has 0 spiro atoms. The van der Waals surface area contributed by atoms with Gasteiger partial charge in [0.25, 0.3) is 5.91 Å². The zero-order valence-corrected chi connectivity index (χ0v) is 6.89. The second-order valence-electron chi connectivity index (χ2n) is 2.28. The second-order valence-corrected chi connectivity index (χ2v) is 3.31. The van der Waals surface area contributed by atoms with Crippen molar-refractivity contribution in [3.8, 4) is 0 Å². The van der Waals surface area contributed by atoms with Crippen molar-refractivity contribution in [1.29, 1.82) is 0 Å². The maximum absolute atomic E-state index is 10.7. The predicted octanol–water partition coefficient (Wildman–Crippen LogP) is 1.20. The van der Waals surface area contributed by atoms with Crippen molar-refractivity contribution in [1.82, 2.24) is 4.98 Å². The number of carbonyl (C=O) groups is 1. The largest absolute Gasteiger partial charge is 0.364 e. The fraction of sp³-hybridized carbons (Fsp3) is 0. The van der Waals surface area contributed by atoms with E-state index in [-0.39, 0.29) is 0 Å². The Hall–Kier alpha value is -1.42. The molecule has 2 rings (SSSR count). The molecular formula is C8H5N2OS. The summed E-state index contributed by atoms with van der Waals surface area (Å²) in [5.41, 5.74) is 5.85. The van der Waals surface area contributed by atoms with Crippen molar-refractivity contribution in [3.63, 3.8) is 0 Å². The van der Waals surface area contributed by atoms with Gasteiger partial charge in [-0.3, -0.25) is 4.79 Å². The SMILES string of the molecule is NC(=O)c1nc2c[c]ccc2s1. The van der Waals surface area contributed by atoms with Gasteiger partial charge in [-0.15, -0.1) is 11.3 Å². The highest BCUT2D eigenvalue weighted by molar-refractivity contribution is 7.20. The minimum atomic E-state index is -0.476. The number of hydrogen-bond donors (Lipinski definition) is 1. The molecule has 0 atom stereocenters. The third-order valence-corrected chi connectivity index (χ3v) is 2.49. The lowest BCUT2D eigenvalue weighted by atomic mass is 10.3. The van der Waals surface area contributed by atoms with Crippen molar-refractivity contribution >= 4 is 27.5 Å². The molecule has 1 radical (unpaired) electrons. The minimum absolute atomic E-state index is 0.351. The fourth-order valence-corrected chi connectivity index (χ4v) is 1.72. The Bertz CT molecular complexity index is 402. The highest BCUT2D eigenvalue weighted by Gasteiger charge is 2.06. The maximum Gasteiger partial charge on any atom is 0.277 e. The summed E-state index contributed by atoms with van der Waals surface area (Å²) < 4.78 is 0.961. The molecule has 4 heteroatoms. The molecule has 1 heterocycles. The number of primary amides is 1. The summed E-state index contributed by atoms with van der Waals surface area (Å²) in [5, 5.41) is 0.351. The predicted molar refractivity (Wildman–Crippen MR) is 47.0 cm³/mol. The van der Waals surface area contributed by atoms with E-state index in [1.54, 1.807) is 12.1 Å². The van der Waals surface area contributed by atoms with Crippen molar-refractivity contribution < 1.29 is 4.79 Å². The smallest absolute Gasteiger partial charge is 0.277 e. The van der Waals surface area contributed by atoms with E-state index in [2.05, 4.69) is 11.1 Å². The van der Waals surface area contributed by atoms with Gasteiger partial charge in [0.15, 0.2) is 5.01 Å². The van der Waals surface area contributed by atoms with Crippen LogP contribution in [0, 0.1) is 6.07 Å². The molecule has 59 valence electrons. The highest BCUT2D eigenvalue weighted by atomic mass is 32.1. The number of aromatic nitrogens is 1. The van der Waals surface area contributed by atoms with Gasteiger partial charge in [-0.05, 0) is 18.2 Å². The molecule has 0 aliphatic rings. The fourth-order valence-electron chi connectivity index (χ4n) is 0.923. The molecule has 12 heavy (non-hydrogen) atoms. The number of thiazole rings is 1. The summed E-state index contributed by atoms with van der Waals surface area (Å²) in [6.45, 7) is 0. The first-order valence-corrected chi connectivity index (χ1v) is 4.15. The van der Waals surface area contributed by atoms with E-state index in [0.717, 1.165) is 10.2 Å². The first-order chi connectivity index (χ1) is 5.77. The molecule has 3 nitrogen and oxygen atoms in total. The highest BCUT2D eigenvalue weighted by Crippen LogP contribution is 2.20. The Balaban J connectivity index is 2.70. The lowest BCUT2D eigenvalue weighted by molar-refractivity contribution is 0.1000. The summed E-state index contributed by atoms with van der Waals surface area (Å²) in [6, 6.07) is 8.26. The Labute approximate surface area is 72.8 Å². The van der Waals surface area contributed by atoms with Crippen LogP contribution in [0.2, 0.25) is 0 Å². The van der Waals surface area contributed by atoms with E-state index in [1.807, 2.05) is 6.07 Å². The van der Waals surface area contributed by atoms with Crippen LogP contribution in [0.1, 0.15) is 9.80 Å². The number of fused-ring (bicyclic) bond motifs is 1. The lowest BCUT2D eigenvalue weighted by Crippen LogP contribution is -2.09. The molecule has 1 aromatic heterocycles. The molecule has 1 aromatic carbocycles. The number of rotatable bonds is 1. The van der Waals surface area contributed by atoms with Gasteiger partial charge in [0.1, 0.15) is 0 Å². The third kappa shape index (κ3) is 1.06. The quantitative estimate of drug-likeness (QED) is 0.711. The van der Waals surface area contributed by atoms with Crippen LogP contribution in [-0.2, 0) is 0 Å². The van der Waals surface area contributed by atoms with E-state index in [4.69, 9.17) is 5.73 Å². The number of amides is 1. The van der Waals surface area contributed by atoms with Crippen LogP contribution in [0.5, 0.6) is 0 Å². The Kier molecular flexibility index (Phi) is 1.55. The number of hydrogen-bond acceptors (Lipinski definition) is 3. The van der Waals surface area contributed by atoms with Crippen LogP contribution in [0.4, 0.5) is 0 Å². The Morgan fingerprint density at radius 1 is 1.67 bits per heavy atom. The Morgan fingerprint density at radius 2 is 2.50 bits per heavy atom. The maximum atomic E-state index is 10.7. The van der Waals surface area contributed by atoms with Crippen molar-refractivity contribution in [3.05, 3.63) is 29.3 Å². The lowest BCUT2D eigenvalue weighted by Gasteiger charge is -1.80. The monoisotopic (exact) mass is 177 g/mol. The molecular weight excluding hydrogens is 172 g/mol. The molecule has 2 aromatic rings.